The molecule has 2 aromatic rings. The van der Waals surface area contributed by atoms with Gasteiger partial charge in [-0.2, -0.15) is 0 Å². The molecule has 1 aromatic carbocycles. The fourth-order valence-electron chi connectivity index (χ4n) is 1.40. The molecular weight excluding hydrogens is 331 g/mol. The van der Waals surface area contributed by atoms with Crippen LogP contribution in [-0.4, -0.2) is 24.2 Å². The molecule has 0 bridgehead atoms. The molecule has 4 nitrogen and oxygen atoms in total. The lowest BCUT2D eigenvalue weighted by Crippen LogP contribution is -1.94. The highest BCUT2D eigenvalue weighted by molar-refractivity contribution is 14.1. The number of benzene rings is 1. The molecule has 0 aliphatic heterocycles. The van der Waals surface area contributed by atoms with Gasteiger partial charge < -0.3 is 9.47 Å². The number of rotatable bonds is 3. The summed E-state index contributed by atoms with van der Waals surface area (Å²) in [6.07, 6.45) is 3.29. The molecule has 0 atom stereocenters. The molecule has 0 aliphatic rings. The second kappa shape index (κ2) is 5.31. The van der Waals surface area contributed by atoms with Crippen molar-refractivity contribution in [3.63, 3.8) is 0 Å². The third-order valence-corrected chi connectivity index (χ3v) is 3.21. The van der Waals surface area contributed by atoms with E-state index in [2.05, 4.69) is 32.6 Å². The molecule has 0 unspecified atom stereocenters. The summed E-state index contributed by atoms with van der Waals surface area (Å²) in [5.74, 6) is 1.30. The first kappa shape index (κ1) is 12.1. The number of ether oxygens (including phenoxy) is 2. The number of hydrogen-bond donors (Lipinski definition) is 0. The lowest BCUT2D eigenvalue weighted by molar-refractivity contribution is 0.396. The first-order chi connectivity index (χ1) is 8.24. The van der Waals surface area contributed by atoms with Crippen LogP contribution in [0.25, 0.3) is 11.3 Å². The van der Waals surface area contributed by atoms with Gasteiger partial charge in [-0.05, 0) is 40.8 Å². The van der Waals surface area contributed by atoms with Gasteiger partial charge in [-0.1, -0.05) is 0 Å². The Morgan fingerprint density at radius 3 is 2.65 bits per heavy atom. The van der Waals surface area contributed by atoms with Crippen molar-refractivity contribution in [2.24, 2.45) is 0 Å². The Bertz CT molecular complexity index is 532. The zero-order valence-corrected chi connectivity index (χ0v) is 11.6. The maximum atomic E-state index is 5.21. The van der Waals surface area contributed by atoms with Crippen LogP contribution >= 0.6 is 22.6 Å². The molecule has 0 amide bonds. The highest BCUT2D eigenvalue weighted by Crippen LogP contribution is 2.28. The Kier molecular flexibility index (Phi) is 3.78. The number of aromatic nitrogens is 2. The summed E-state index contributed by atoms with van der Waals surface area (Å²) in [4.78, 5) is 8.45. The van der Waals surface area contributed by atoms with E-state index in [0.29, 0.717) is 5.88 Å². The molecule has 0 N–H and O–H groups in total. The van der Waals surface area contributed by atoms with Gasteiger partial charge in [-0.3, -0.25) is 4.98 Å². The topological polar surface area (TPSA) is 44.2 Å². The van der Waals surface area contributed by atoms with Gasteiger partial charge in [0.25, 0.3) is 0 Å². The molecule has 0 spiro atoms. The average Bonchev–Trinajstić information content (AvgIpc) is 2.39. The first-order valence-electron chi connectivity index (χ1n) is 4.94. The summed E-state index contributed by atoms with van der Waals surface area (Å²) in [6.45, 7) is 0. The van der Waals surface area contributed by atoms with Gasteiger partial charge in [0, 0.05) is 9.13 Å². The minimum absolute atomic E-state index is 0.501. The van der Waals surface area contributed by atoms with E-state index in [1.165, 1.54) is 0 Å². The minimum Gasteiger partial charge on any atom is -0.497 e. The standard InChI is InChI=1S/C12H11IN2O2/c1-16-8-3-4-10(13)9(5-8)11-6-14-7-12(15-11)17-2/h3-7H,1-2H3. The SMILES string of the molecule is COc1ccc(I)c(-c2cncc(OC)n2)c1. The van der Waals surface area contributed by atoms with Crippen LogP contribution in [0.3, 0.4) is 0 Å². The van der Waals surface area contributed by atoms with Crippen molar-refractivity contribution < 1.29 is 9.47 Å². The summed E-state index contributed by atoms with van der Waals surface area (Å²) >= 11 is 2.26. The van der Waals surface area contributed by atoms with Crippen LogP contribution in [0.2, 0.25) is 0 Å². The normalized spacial score (nSPS) is 10.1. The molecule has 88 valence electrons. The predicted octanol–water partition coefficient (Wildman–Crippen LogP) is 2.77. The van der Waals surface area contributed by atoms with E-state index in [1.54, 1.807) is 26.6 Å². The molecule has 0 aliphatic carbocycles. The van der Waals surface area contributed by atoms with Gasteiger partial charge >= 0.3 is 0 Å². The van der Waals surface area contributed by atoms with E-state index in [-0.39, 0.29) is 0 Å². The van der Waals surface area contributed by atoms with E-state index in [1.807, 2.05) is 18.2 Å². The molecule has 2 rings (SSSR count). The van der Waals surface area contributed by atoms with Crippen LogP contribution in [0.1, 0.15) is 0 Å². The van der Waals surface area contributed by atoms with Gasteiger partial charge in [-0.15, -0.1) is 0 Å². The third-order valence-electron chi connectivity index (χ3n) is 2.27. The van der Waals surface area contributed by atoms with Gasteiger partial charge in [0.2, 0.25) is 5.88 Å². The monoisotopic (exact) mass is 342 g/mol. The van der Waals surface area contributed by atoms with Crippen molar-refractivity contribution in [2.45, 2.75) is 0 Å². The summed E-state index contributed by atoms with van der Waals surface area (Å²) in [7, 11) is 3.22. The Morgan fingerprint density at radius 2 is 1.94 bits per heavy atom. The van der Waals surface area contributed by atoms with Crippen molar-refractivity contribution in [3.8, 4) is 22.9 Å². The van der Waals surface area contributed by atoms with Crippen LogP contribution in [-0.2, 0) is 0 Å². The zero-order chi connectivity index (χ0) is 12.3. The number of methoxy groups -OCH3 is 2. The van der Waals surface area contributed by atoms with E-state index in [4.69, 9.17) is 9.47 Å². The highest BCUT2D eigenvalue weighted by atomic mass is 127. The Balaban J connectivity index is 2.50. The quantitative estimate of drug-likeness (QED) is 0.805. The molecule has 0 saturated heterocycles. The van der Waals surface area contributed by atoms with Crippen molar-refractivity contribution >= 4 is 22.6 Å². The Labute approximate surface area is 113 Å². The fraction of sp³-hybridized carbons (Fsp3) is 0.167. The lowest BCUT2D eigenvalue weighted by atomic mass is 10.1. The average molecular weight is 342 g/mol. The molecule has 1 aromatic heterocycles. The second-order valence-corrected chi connectivity index (χ2v) is 4.45. The Hall–Kier alpha value is -1.37. The molecule has 17 heavy (non-hydrogen) atoms. The number of hydrogen-bond acceptors (Lipinski definition) is 4. The van der Waals surface area contributed by atoms with E-state index < -0.39 is 0 Å². The maximum Gasteiger partial charge on any atom is 0.232 e. The minimum atomic E-state index is 0.501. The molecular formula is C12H11IN2O2. The zero-order valence-electron chi connectivity index (χ0n) is 9.48. The first-order valence-corrected chi connectivity index (χ1v) is 6.02. The van der Waals surface area contributed by atoms with Crippen molar-refractivity contribution in [2.75, 3.05) is 14.2 Å². The summed E-state index contributed by atoms with van der Waals surface area (Å²) < 4.78 is 11.4. The second-order valence-electron chi connectivity index (χ2n) is 3.29. The fourth-order valence-corrected chi connectivity index (χ4v) is 2.02. The third kappa shape index (κ3) is 2.66. The predicted molar refractivity (Wildman–Crippen MR) is 73.3 cm³/mol. The lowest BCUT2D eigenvalue weighted by Gasteiger charge is -2.07. The molecule has 0 saturated carbocycles. The summed E-state index contributed by atoms with van der Waals surface area (Å²) in [6, 6.07) is 5.83. The Morgan fingerprint density at radius 1 is 1.12 bits per heavy atom. The van der Waals surface area contributed by atoms with Crippen LogP contribution in [0.15, 0.2) is 30.6 Å². The number of nitrogens with zero attached hydrogens (tertiary/aromatic N) is 2. The van der Waals surface area contributed by atoms with E-state index >= 15 is 0 Å². The molecule has 5 heteroatoms. The van der Waals surface area contributed by atoms with Crippen LogP contribution in [0.4, 0.5) is 0 Å². The van der Waals surface area contributed by atoms with Gasteiger partial charge in [0.05, 0.1) is 32.3 Å². The molecule has 0 fully saturated rings. The van der Waals surface area contributed by atoms with Crippen LogP contribution in [0, 0.1) is 3.57 Å². The largest absolute Gasteiger partial charge is 0.497 e. The van der Waals surface area contributed by atoms with Crippen molar-refractivity contribution in [3.05, 3.63) is 34.2 Å². The maximum absolute atomic E-state index is 5.21. The summed E-state index contributed by atoms with van der Waals surface area (Å²) in [5.41, 5.74) is 1.75. The van der Waals surface area contributed by atoms with Gasteiger partial charge in [0.1, 0.15) is 5.75 Å². The van der Waals surface area contributed by atoms with E-state index in [9.17, 15) is 0 Å². The highest BCUT2D eigenvalue weighted by Gasteiger charge is 2.07. The van der Waals surface area contributed by atoms with Gasteiger partial charge in [0.15, 0.2) is 0 Å². The van der Waals surface area contributed by atoms with Crippen LogP contribution in [0.5, 0.6) is 11.6 Å². The smallest absolute Gasteiger partial charge is 0.232 e. The van der Waals surface area contributed by atoms with Crippen molar-refractivity contribution in [1.29, 1.82) is 0 Å². The molecule has 1 heterocycles. The molecule has 0 radical (unpaired) electrons. The summed E-state index contributed by atoms with van der Waals surface area (Å²) in [5, 5.41) is 0. The van der Waals surface area contributed by atoms with Gasteiger partial charge in [-0.25, -0.2) is 4.98 Å². The van der Waals surface area contributed by atoms with E-state index in [0.717, 1.165) is 20.6 Å². The number of halogens is 1. The van der Waals surface area contributed by atoms with Crippen LogP contribution < -0.4 is 9.47 Å². The van der Waals surface area contributed by atoms with Crippen molar-refractivity contribution in [1.82, 2.24) is 9.97 Å².